The van der Waals surface area contributed by atoms with Gasteiger partial charge in [-0.05, 0) is 24.1 Å². The van der Waals surface area contributed by atoms with Gasteiger partial charge in [0.2, 0.25) is 5.13 Å². The molecule has 0 atom stereocenters. The Labute approximate surface area is 144 Å². The Morgan fingerprint density at radius 2 is 1.92 bits per heavy atom. The molecule has 0 spiro atoms. The van der Waals surface area contributed by atoms with Crippen molar-refractivity contribution in [1.82, 2.24) is 15.5 Å². The maximum atomic E-state index is 12.2. The molecule has 0 aliphatic carbocycles. The number of hydrogen-bond donors (Lipinski definition) is 3. The summed E-state index contributed by atoms with van der Waals surface area (Å²) in [5, 5.41) is 14.8. The number of primary amides is 1. The second kappa shape index (κ2) is 8.97. The van der Waals surface area contributed by atoms with Crippen molar-refractivity contribution in [3.8, 4) is 0 Å². The Kier molecular flexibility index (Phi) is 6.68. The highest BCUT2D eigenvalue weighted by molar-refractivity contribution is 7.15. The largest absolute Gasteiger partial charge is 0.352 e. The van der Waals surface area contributed by atoms with Gasteiger partial charge in [0.25, 0.3) is 5.91 Å². The summed E-state index contributed by atoms with van der Waals surface area (Å²) in [4.78, 5) is 22.9. The number of rotatable bonds is 8. The number of amides is 3. The zero-order valence-electron chi connectivity index (χ0n) is 13.5. The van der Waals surface area contributed by atoms with Gasteiger partial charge in [-0.3, -0.25) is 10.1 Å². The summed E-state index contributed by atoms with van der Waals surface area (Å²) in [5.74, 6) is -0.235. The monoisotopic (exact) mass is 347 g/mol. The molecule has 0 saturated carbocycles. The fourth-order valence-corrected chi connectivity index (χ4v) is 2.84. The molecule has 0 aliphatic heterocycles. The average molecular weight is 347 g/mol. The molecule has 1 aromatic carbocycles. The molecule has 0 radical (unpaired) electrons. The molecular formula is C16H21N5O2S. The first-order chi connectivity index (χ1) is 11.6. The number of aryl methyl sites for hydroxylation is 1. The lowest BCUT2D eigenvalue weighted by Crippen LogP contribution is -2.28. The molecule has 3 amide bonds. The standard InChI is InChI=1S/C16H21N5O2S/c1-2-3-4-5-13-20-21-16(24-13)19-14(22)12-8-6-11(7-9-12)10-18-15(17)23/h6-9H,2-5,10H2,1H3,(H3,17,18,23)(H,19,21,22). The van der Waals surface area contributed by atoms with E-state index < -0.39 is 6.03 Å². The minimum absolute atomic E-state index is 0.235. The van der Waals surface area contributed by atoms with Crippen molar-refractivity contribution in [2.75, 3.05) is 5.32 Å². The van der Waals surface area contributed by atoms with E-state index in [1.807, 2.05) is 0 Å². The molecule has 0 bridgehead atoms. The van der Waals surface area contributed by atoms with E-state index in [1.165, 1.54) is 11.3 Å². The Hall–Kier alpha value is -2.48. The number of benzene rings is 1. The number of nitrogens with one attached hydrogen (secondary N) is 2. The number of carbonyl (C=O) groups is 2. The maximum Gasteiger partial charge on any atom is 0.312 e. The fourth-order valence-electron chi connectivity index (χ4n) is 2.06. The molecule has 4 N–H and O–H groups in total. The molecule has 8 heteroatoms. The third-order valence-electron chi connectivity index (χ3n) is 3.36. The van der Waals surface area contributed by atoms with Crippen LogP contribution in [0.5, 0.6) is 0 Å². The minimum atomic E-state index is -0.581. The summed E-state index contributed by atoms with van der Waals surface area (Å²) in [7, 11) is 0. The number of hydrogen-bond acceptors (Lipinski definition) is 5. The highest BCUT2D eigenvalue weighted by Gasteiger charge is 2.10. The van der Waals surface area contributed by atoms with Gasteiger partial charge in [0.1, 0.15) is 5.01 Å². The van der Waals surface area contributed by atoms with Crippen LogP contribution in [0.25, 0.3) is 0 Å². The van der Waals surface area contributed by atoms with Crippen molar-refractivity contribution in [2.45, 2.75) is 39.2 Å². The summed E-state index contributed by atoms with van der Waals surface area (Å²) in [6, 6.07) is 6.33. The first-order valence-corrected chi connectivity index (χ1v) is 8.66. The predicted octanol–water partition coefficient (Wildman–Crippen LogP) is 2.69. The number of nitrogens with two attached hydrogens (primary N) is 1. The summed E-state index contributed by atoms with van der Waals surface area (Å²) in [6.07, 6.45) is 4.30. The van der Waals surface area contributed by atoms with Gasteiger partial charge in [-0.25, -0.2) is 4.79 Å². The zero-order chi connectivity index (χ0) is 17.4. The topological polar surface area (TPSA) is 110 Å². The van der Waals surface area contributed by atoms with E-state index in [-0.39, 0.29) is 5.91 Å². The SMILES string of the molecule is CCCCCc1nnc(NC(=O)c2ccc(CNC(N)=O)cc2)s1. The minimum Gasteiger partial charge on any atom is -0.352 e. The third-order valence-corrected chi connectivity index (χ3v) is 4.26. The van der Waals surface area contributed by atoms with Crippen LogP contribution in [0.1, 0.15) is 47.1 Å². The number of carbonyl (C=O) groups excluding carboxylic acids is 2. The first-order valence-electron chi connectivity index (χ1n) is 7.84. The zero-order valence-corrected chi connectivity index (χ0v) is 14.4. The van der Waals surface area contributed by atoms with E-state index in [9.17, 15) is 9.59 Å². The van der Waals surface area contributed by atoms with Crippen molar-refractivity contribution in [3.63, 3.8) is 0 Å². The Balaban J connectivity index is 1.88. The van der Waals surface area contributed by atoms with Crippen molar-refractivity contribution in [2.24, 2.45) is 5.73 Å². The first kappa shape index (κ1) is 17.9. The van der Waals surface area contributed by atoms with Crippen LogP contribution >= 0.6 is 11.3 Å². The molecule has 128 valence electrons. The molecule has 0 saturated heterocycles. The van der Waals surface area contributed by atoms with Gasteiger partial charge in [-0.15, -0.1) is 10.2 Å². The van der Waals surface area contributed by atoms with Gasteiger partial charge in [-0.1, -0.05) is 43.2 Å². The summed E-state index contributed by atoms with van der Waals surface area (Å²) in [5.41, 5.74) is 6.39. The van der Waals surface area contributed by atoms with Gasteiger partial charge >= 0.3 is 6.03 Å². The lowest BCUT2D eigenvalue weighted by Gasteiger charge is -2.04. The van der Waals surface area contributed by atoms with E-state index in [0.717, 1.165) is 36.3 Å². The lowest BCUT2D eigenvalue weighted by atomic mass is 10.1. The highest BCUT2D eigenvalue weighted by Crippen LogP contribution is 2.18. The number of nitrogens with zero attached hydrogens (tertiary/aromatic N) is 2. The molecule has 24 heavy (non-hydrogen) atoms. The van der Waals surface area contributed by atoms with E-state index >= 15 is 0 Å². The molecule has 2 aromatic rings. The smallest absolute Gasteiger partial charge is 0.312 e. The number of anilines is 1. The molecule has 1 aromatic heterocycles. The second-order valence-corrected chi connectivity index (χ2v) is 6.39. The molecular weight excluding hydrogens is 326 g/mol. The summed E-state index contributed by atoms with van der Waals surface area (Å²) < 4.78 is 0. The van der Waals surface area contributed by atoms with Gasteiger partial charge in [-0.2, -0.15) is 0 Å². The van der Waals surface area contributed by atoms with Gasteiger partial charge < -0.3 is 11.1 Å². The predicted molar refractivity (Wildman–Crippen MR) is 94.0 cm³/mol. The number of urea groups is 1. The van der Waals surface area contributed by atoms with Crippen LogP contribution in [0.3, 0.4) is 0 Å². The highest BCUT2D eigenvalue weighted by atomic mass is 32.1. The second-order valence-electron chi connectivity index (χ2n) is 5.33. The molecule has 0 aliphatic rings. The maximum absolute atomic E-state index is 12.2. The Morgan fingerprint density at radius 3 is 2.58 bits per heavy atom. The normalized spacial score (nSPS) is 10.4. The van der Waals surface area contributed by atoms with E-state index in [4.69, 9.17) is 5.73 Å². The van der Waals surface area contributed by atoms with Crippen molar-refractivity contribution in [1.29, 1.82) is 0 Å². The fraction of sp³-hybridized carbons (Fsp3) is 0.375. The molecule has 7 nitrogen and oxygen atoms in total. The lowest BCUT2D eigenvalue weighted by molar-refractivity contribution is 0.102. The van der Waals surface area contributed by atoms with Crippen LogP contribution in [-0.4, -0.2) is 22.1 Å². The molecule has 1 heterocycles. The van der Waals surface area contributed by atoms with Crippen molar-refractivity contribution < 1.29 is 9.59 Å². The van der Waals surface area contributed by atoms with Crippen molar-refractivity contribution >= 4 is 28.4 Å². The summed E-state index contributed by atoms with van der Waals surface area (Å²) in [6.45, 7) is 2.48. The van der Waals surface area contributed by atoms with Gasteiger partial charge in [0.15, 0.2) is 0 Å². The van der Waals surface area contributed by atoms with Crippen LogP contribution in [0.2, 0.25) is 0 Å². The number of unbranched alkanes of at least 4 members (excludes halogenated alkanes) is 2. The quantitative estimate of drug-likeness (QED) is 0.638. The third kappa shape index (κ3) is 5.62. The Morgan fingerprint density at radius 1 is 1.17 bits per heavy atom. The molecule has 2 rings (SSSR count). The van der Waals surface area contributed by atoms with E-state index in [2.05, 4.69) is 27.8 Å². The van der Waals surface area contributed by atoms with Crippen LogP contribution in [0, 0.1) is 0 Å². The van der Waals surface area contributed by atoms with Crippen molar-refractivity contribution in [3.05, 3.63) is 40.4 Å². The van der Waals surface area contributed by atoms with Crippen LogP contribution in [-0.2, 0) is 13.0 Å². The molecule has 0 fully saturated rings. The van der Waals surface area contributed by atoms with Crippen LogP contribution in [0.4, 0.5) is 9.93 Å². The van der Waals surface area contributed by atoms with Crippen LogP contribution in [0.15, 0.2) is 24.3 Å². The van der Waals surface area contributed by atoms with Gasteiger partial charge in [0, 0.05) is 18.5 Å². The Bertz CT molecular complexity index is 684. The van der Waals surface area contributed by atoms with Crippen LogP contribution < -0.4 is 16.4 Å². The number of aromatic nitrogens is 2. The average Bonchev–Trinajstić information content (AvgIpc) is 3.01. The molecule has 0 unspecified atom stereocenters. The van der Waals surface area contributed by atoms with Gasteiger partial charge in [0.05, 0.1) is 0 Å². The summed E-state index contributed by atoms with van der Waals surface area (Å²) >= 11 is 1.41. The van der Waals surface area contributed by atoms with E-state index in [1.54, 1.807) is 24.3 Å². The van der Waals surface area contributed by atoms with E-state index in [0.29, 0.717) is 17.2 Å².